The molecule has 3 amide bonds. The third-order valence-corrected chi connectivity index (χ3v) is 11.5. The molecule has 13 heteroatoms. The number of phenolic OH excluding ortho intramolecular Hbond substituents is 2. The molecule has 54 heavy (non-hydrogen) atoms. The standard InChI is InChI=1S/C41H41N5O7S/c47-27-6-4-26(5-7-27)39-38(32-13-8-28(48)24-36(32)54-39)53-30-11-9-29(10-12-30)52-23-22-45-20-18-44(19-21-45)17-16-42-34-3-1-2-31-33(34)25-46(41(31)51)35-14-15-37(49)43-40(35)50/h1-13,24,35,42,47-48H,14-23,25H2,(H,43,49,50). The van der Waals surface area contributed by atoms with Crippen LogP contribution < -0.4 is 20.1 Å². The summed E-state index contributed by atoms with van der Waals surface area (Å²) in [5.74, 6) is 1.66. The zero-order chi connectivity index (χ0) is 37.2. The Kier molecular flexibility index (Phi) is 10.1. The lowest BCUT2D eigenvalue weighted by Crippen LogP contribution is -2.52. The van der Waals surface area contributed by atoms with Crippen molar-refractivity contribution in [3.05, 3.63) is 96.1 Å². The number of imide groups is 1. The molecule has 0 aliphatic carbocycles. The predicted molar refractivity (Wildman–Crippen MR) is 206 cm³/mol. The highest BCUT2D eigenvalue weighted by Gasteiger charge is 2.39. The van der Waals surface area contributed by atoms with Crippen LogP contribution in [0.4, 0.5) is 5.69 Å². The summed E-state index contributed by atoms with van der Waals surface area (Å²) in [7, 11) is 0. The molecule has 4 heterocycles. The second-order valence-corrected chi connectivity index (χ2v) is 14.8. The largest absolute Gasteiger partial charge is 0.508 e. The Morgan fingerprint density at radius 1 is 0.833 bits per heavy atom. The summed E-state index contributed by atoms with van der Waals surface area (Å²) in [6, 6.07) is 24.9. The summed E-state index contributed by atoms with van der Waals surface area (Å²) in [5.41, 5.74) is 3.33. The minimum absolute atomic E-state index is 0.165. The first-order valence-electron chi connectivity index (χ1n) is 18.2. The SMILES string of the molecule is O=C1CCC(N2Cc3c(NCCN4CCN(CCOc5ccc(Oc6c(-c7ccc(O)cc7)sc7cc(O)ccc67)cc5)CC4)cccc3C2=O)C(=O)N1. The highest BCUT2D eigenvalue weighted by molar-refractivity contribution is 7.22. The van der Waals surface area contributed by atoms with Crippen LogP contribution in [0.2, 0.25) is 0 Å². The molecule has 8 rings (SSSR count). The lowest BCUT2D eigenvalue weighted by molar-refractivity contribution is -0.136. The Bertz CT molecular complexity index is 2180. The molecule has 4 N–H and O–H groups in total. The van der Waals surface area contributed by atoms with Gasteiger partial charge < -0.3 is 29.9 Å². The van der Waals surface area contributed by atoms with Gasteiger partial charge in [0.05, 0.1) is 4.88 Å². The summed E-state index contributed by atoms with van der Waals surface area (Å²) in [6.45, 7) is 7.13. The number of rotatable bonds is 12. The molecule has 1 unspecified atom stereocenters. The maximum Gasteiger partial charge on any atom is 0.255 e. The van der Waals surface area contributed by atoms with E-state index >= 15 is 0 Å². The van der Waals surface area contributed by atoms with Crippen molar-refractivity contribution in [2.75, 3.05) is 57.7 Å². The van der Waals surface area contributed by atoms with E-state index in [4.69, 9.17) is 9.47 Å². The van der Waals surface area contributed by atoms with Crippen LogP contribution in [0.25, 0.3) is 20.5 Å². The fraction of sp³-hybridized carbons (Fsp3) is 0.293. The monoisotopic (exact) mass is 747 g/mol. The van der Waals surface area contributed by atoms with Gasteiger partial charge in [-0.1, -0.05) is 6.07 Å². The van der Waals surface area contributed by atoms with Crippen LogP contribution in [0.1, 0.15) is 28.8 Å². The normalized spacial score (nSPS) is 17.8. The molecule has 2 fully saturated rings. The number of carbonyl (C=O) groups is 3. The molecule has 0 spiro atoms. The van der Waals surface area contributed by atoms with Crippen molar-refractivity contribution < 1.29 is 34.1 Å². The van der Waals surface area contributed by atoms with Gasteiger partial charge in [0, 0.05) is 85.7 Å². The summed E-state index contributed by atoms with van der Waals surface area (Å²) in [4.78, 5) is 44.5. The van der Waals surface area contributed by atoms with Gasteiger partial charge in [-0.2, -0.15) is 0 Å². The van der Waals surface area contributed by atoms with E-state index in [1.54, 1.807) is 35.2 Å². The average Bonchev–Trinajstić information content (AvgIpc) is 3.70. The molecule has 2 saturated heterocycles. The number of hydrogen-bond acceptors (Lipinski definition) is 11. The summed E-state index contributed by atoms with van der Waals surface area (Å²) in [5, 5.41) is 26.6. The quantitative estimate of drug-likeness (QED) is 0.118. The number of hydrogen-bond donors (Lipinski definition) is 4. The number of carbonyl (C=O) groups excluding carboxylic acids is 3. The van der Waals surface area contributed by atoms with Gasteiger partial charge in [0.25, 0.3) is 5.91 Å². The van der Waals surface area contributed by atoms with E-state index in [0.29, 0.717) is 36.6 Å². The van der Waals surface area contributed by atoms with E-state index in [1.165, 1.54) is 11.3 Å². The van der Waals surface area contributed by atoms with Crippen molar-refractivity contribution in [3.63, 3.8) is 0 Å². The van der Waals surface area contributed by atoms with E-state index in [2.05, 4.69) is 20.4 Å². The van der Waals surface area contributed by atoms with E-state index < -0.39 is 11.9 Å². The van der Waals surface area contributed by atoms with Crippen molar-refractivity contribution in [1.29, 1.82) is 0 Å². The maximum atomic E-state index is 13.1. The van der Waals surface area contributed by atoms with Crippen LogP contribution in [0, 0.1) is 0 Å². The molecule has 0 bridgehead atoms. The molecule has 3 aliphatic heterocycles. The smallest absolute Gasteiger partial charge is 0.255 e. The summed E-state index contributed by atoms with van der Waals surface area (Å²) >= 11 is 1.52. The Balaban J connectivity index is 0.784. The van der Waals surface area contributed by atoms with E-state index in [-0.39, 0.29) is 29.7 Å². The molecule has 0 radical (unpaired) electrons. The molecule has 1 aromatic heterocycles. The molecular weight excluding hydrogens is 707 g/mol. The third kappa shape index (κ3) is 7.56. The molecule has 12 nitrogen and oxygen atoms in total. The van der Waals surface area contributed by atoms with Gasteiger partial charge in [-0.3, -0.25) is 29.5 Å². The molecule has 1 atom stereocenters. The van der Waals surface area contributed by atoms with Gasteiger partial charge in [-0.25, -0.2) is 0 Å². The number of piperidine rings is 1. The van der Waals surface area contributed by atoms with Gasteiger partial charge in [0.2, 0.25) is 11.8 Å². The number of anilines is 1. The van der Waals surface area contributed by atoms with E-state index in [9.17, 15) is 24.6 Å². The van der Waals surface area contributed by atoms with E-state index in [0.717, 1.165) is 83.3 Å². The van der Waals surface area contributed by atoms with Crippen molar-refractivity contribution in [3.8, 4) is 39.2 Å². The van der Waals surface area contributed by atoms with Gasteiger partial charge in [-0.15, -0.1) is 11.3 Å². The number of amides is 3. The van der Waals surface area contributed by atoms with Gasteiger partial charge in [-0.05, 0) is 90.8 Å². The van der Waals surface area contributed by atoms with E-state index in [1.807, 2.05) is 54.6 Å². The van der Waals surface area contributed by atoms with Crippen molar-refractivity contribution in [2.24, 2.45) is 0 Å². The number of phenols is 2. The van der Waals surface area contributed by atoms with Crippen LogP contribution in [0.15, 0.2) is 84.9 Å². The molecule has 278 valence electrons. The highest BCUT2D eigenvalue weighted by atomic mass is 32.1. The lowest BCUT2D eigenvalue weighted by Gasteiger charge is -2.34. The zero-order valence-electron chi connectivity index (χ0n) is 29.6. The van der Waals surface area contributed by atoms with Crippen LogP contribution in [-0.2, 0) is 16.1 Å². The molecule has 5 aromatic rings. The number of aromatic hydroxyl groups is 2. The highest BCUT2D eigenvalue weighted by Crippen LogP contribution is 2.47. The Labute approximate surface area is 316 Å². The lowest BCUT2D eigenvalue weighted by atomic mass is 10.0. The first-order chi connectivity index (χ1) is 26.3. The molecule has 4 aromatic carbocycles. The zero-order valence-corrected chi connectivity index (χ0v) is 30.4. The van der Waals surface area contributed by atoms with Crippen LogP contribution in [0.3, 0.4) is 0 Å². The third-order valence-electron chi connectivity index (χ3n) is 10.3. The minimum atomic E-state index is -0.624. The number of nitrogens with zero attached hydrogens (tertiary/aromatic N) is 3. The molecule has 3 aliphatic rings. The second-order valence-electron chi connectivity index (χ2n) is 13.8. The topological polar surface area (TPSA) is 144 Å². The van der Waals surface area contributed by atoms with Crippen molar-refractivity contribution >= 4 is 44.8 Å². The van der Waals surface area contributed by atoms with Gasteiger partial charge >= 0.3 is 0 Å². The summed E-state index contributed by atoms with van der Waals surface area (Å²) in [6.07, 6.45) is 0.586. The Morgan fingerprint density at radius 2 is 1.56 bits per heavy atom. The predicted octanol–water partition coefficient (Wildman–Crippen LogP) is 5.64. The van der Waals surface area contributed by atoms with Crippen molar-refractivity contribution in [1.82, 2.24) is 20.0 Å². The molecule has 0 saturated carbocycles. The first kappa shape index (κ1) is 35.4. The summed E-state index contributed by atoms with van der Waals surface area (Å²) < 4.78 is 13.4. The molecular formula is C41H41N5O7S. The van der Waals surface area contributed by atoms with Crippen molar-refractivity contribution in [2.45, 2.75) is 25.4 Å². The Hall–Kier alpha value is -5.63. The van der Waals surface area contributed by atoms with Crippen LogP contribution in [0.5, 0.6) is 28.7 Å². The minimum Gasteiger partial charge on any atom is -0.508 e. The number of nitrogens with one attached hydrogen (secondary N) is 2. The fourth-order valence-corrected chi connectivity index (χ4v) is 8.49. The van der Waals surface area contributed by atoms with Gasteiger partial charge in [0.15, 0.2) is 5.75 Å². The average molecular weight is 748 g/mol. The maximum absolute atomic E-state index is 13.1. The van der Waals surface area contributed by atoms with Crippen LogP contribution >= 0.6 is 11.3 Å². The van der Waals surface area contributed by atoms with Gasteiger partial charge in [0.1, 0.15) is 35.6 Å². The van der Waals surface area contributed by atoms with Crippen LogP contribution in [-0.4, -0.2) is 101 Å². The number of ether oxygens (including phenoxy) is 2. The number of piperazine rings is 1. The first-order valence-corrected chi connectivity index (χ1v) is 19.0. The Morgan fingerprint density at radius 3 is 2.31 bits per heavy atom. The number of benzene rings is 4. The number of thiophene rings is 1. The fourth-order valence-electron chi connectivity index (χ4n) is 7.32. The number of fused-ring (bicyclic) bond motifs is 2. The second kappa shape index (κ2) is 15.4.